The van der Waals surface area contributed by atoms with Crippen LogP contribution in [0.3, 0.4) is 0 Å². The van der Waals surface area contributed by atoms with Crippen molar-refractivity contribution in [2.45, 2.75) is 32.7 Å². The quantitative estimate of drug-likeness (QED) is 0.673. The molecule has 0 aromatic heterocycles. The molecule has 2 aromatic rings. The van der Waals surface area contributed by atoms with Crippen molar-refractivity contribution in [3.8, 4) is 5.75 Å². The molecule has 4 rings (SSSR count). The van der Waals surface area contributed by atoms with Gasteiger partial charge in [0.15, 0.2) is 0 Å². The molecule has 2 aliphatic heterocycles. The van der Waals surface area contributed by atoms with Gasteiger partial charge in [0.25, 0.3) is 0 Å². The molecule has 154 valence electrons. The summed E-state index contributed by atoms with van der Waals surface area (Å²) in [7, 11) is 0. The lowest BCUT2D eigenvalue weighted by Gasteiger charge is -2.30. The number of hydrogen-bond donors (Lipinski definition) is 0. The summed E-state index contributed by atoms with van der Waals surface area (Å²) in [5.74, 6) is 1.07. The molecule has 2 heterocycles. The van der Waals surface area contributed by atoms with Crippen molar-refractivity contribution in [3.05, 3.63) is 59.2 Å². The number of aryl methyl sites for hydroxylation is 2. The van der Waals surface area contributed by atoms with Crippen LogP contribution in [-0.2, 0) is 22.5 Å². The van der Waals surface area contributed by atoms with Crippen molar-refractivity contribution < 1.29 is 14.3 Å². The predicted molar refractivity (Wildman–Crippen MR) is 115 cm³/mol. The lowest BCUT2D eigenvalue weighted by Crippen LogP contribution is -2.37. The second-order valence-electron chi connectivity index (χ2n) is 7.87. The van der Waals surface area contributed by atoms with E-state index in [0.29, 0.717) is 19.6 Å². The van der Waals surface area contributed by atoms with Gasteiger partial charge in [-0.05, 0) is 36.5 Å². The number of morpholine rings is 1. The molecule has 0 aliphatic carbocycles. The first-order valence-corrected chi connectivity index (χ1v) is 10.6. The number of carbonyl (C=O) groups excluding carboxylic acids is 1. The maximum absolute atomic E-state index is 12.7. The number of amides is 1. The Morgan fingerprint density at radius 1 is 1.07 bits per heavy atom. The molecule has 0 saturated carbocycles. The second kappa shape index (κ2) is 9.42. The Balaban J connectivity index is 1.43. The first kappa shape index (κ1) is 19.9. The average Bonchev–Trinajstić information content (AvgIpc) is 2.75. The summed E-state index contributed by atoms with van der Waals surface area (Å²) in [5, 5.41) is 0. The van der Waals surface area contributed by atoms with Gasteiger partial charge in [-0.15, -0.1) is 0 Å². The van der Waals surface area contributed by atoms with E-state index < -0.39 is 0 Å². The van der Waals surface area contributed by atoms with Gasteiger partial charge in [0.2, 0.25) is 5.91 Å². The Morgan fingerprint density at radius 3 is 2.66 bits per heavy atom. The highest BCUT2D eigenvalue weighted by Gasteiger charge is 2.25. The second-order valence-corrected chi connectivity index (χ2v) is 7.87. The summed E-state index contributed by atoms with van der Waals surface area (Å²) in [4.78, 5) is 17.0. The molecule has 0 bridgehead atoms. The van der Waals surface area contributed by atoms with Gasteiger partial charge in [-0.2, -0.15) is 0 Å². The fourth-order valence-corrected chi connectivity index (χ4v) is 4.09. The minimum absolute atomic E-state index is 0.184. The van der Waals surface area contributed by atoms with E-state index >= 15 is 0 Å². The van der Waals surface area contributed by atoms with E-state index in [1.54, 1.807) is 0 Å². The molecule has 0 spiro atoms. The summed E-state index contributed by atoms with van der Waals surface area (Å²) in [6.45, 7) is 8.09. The van der Waals surface area contributed by atoms with Gasteiger partial charge < -0.3 is 14.4 Å². The lowest BCUT2D eigenvalue weighted by molar-refractivity contribution is -0.119. The van der Waals surface area contributed by atoms with Crippen LogP contribution < -0.4 is 9.64 Å². The Kier molecular flexibility index (Phi) is 6.47. The van der Waals surface area contributed by atoms with Crippen LogP contribution in [0.2, 0.25) is 0 Å². The molecular formula is C24H30N2O3. The maximum atomic E-state index is 12.7. The Labute approximate surface area is 173 Å². The first-order chi connectivity index (χ1) is 14.2. The minimum Gasteiger partial charge on any atom is -0.493 e. The van der Waals surface area contributed by atoms with Crippen LogP contribution in [0.5, 0.6) is 5.75 Å². The van der Waals surface area contributed by atoms with E-state index in [4.69, 9.17) is 9.47 Å². The summed E-state index contributed by atoms with van der Waals surface area (Å²) >= 11 is 0. The summed E-state index contributed by atoms with van der Waals surface area (Å²) in [6, 6.07) is 14.4. The van der Waals surface area contributed by atoms with Crippen LogP contribution in [0.1, 0.15) is 29.5 Å². The SMILES string of the molecule is Cc1cc2c(cc1OCCCN1CCOCC1)N(Cc1ccccc1)C(=O)CC2. The van der Waals surface area contributed by atoms with Crippen molar-refractivity contribution >= 4 is 11.6 Å². The third-order valence-electron chi connectivity index (χ3n) is 5.74. The Morgan fingerprint density at radius 2 is 1.86 bits per heavy atom. The van der Waals surface area contributed by atoms with Crippen molar-refractivity contribution in [2.75, 3.05) is 44.4 Å². The van der Waals surface area contributed by atoms with Crippen LogP contribution >= 0.6 is 0 Å². The third-order valence-corrected chi connectivity index (χ3v) is 5.74. The molecule has 2 aromatic carbocycles. The molecule has 5 nitrogen and oxygen atoms in total. The molecule has 2 aliphatic rings. The highest BCUT2D eigenvalue weighted by atomic mass is 16.5. The fraction of sp³-hybridized carbons (Fsp3) is 0.458. The predicted octanol–water partition coefficient (Wildman–Crippen LogP) is 3.58. The standard InChI is InChI=1S/C24H30N2O3/c1-19-16-21-8-9-24(27)26(18-20-6-3-2-4-7-20)22(21)17-23(19)29-13-5-10-25-11-14-28-15-12-25/h2-4,6-7,16-17H,5,8-15,18H2,1H3. The van der Waals surface area contributed by atoms with Crippen molar-refractivity contribution in [3.63, 3.8) is 0 Å². The minimum atomic E-state index is 0.184. The van der Waals surface area contributed by atoms with Gasteiger partial charge in [-0.3, -0.25) is 9.69 Å². The van der Waals surface area contributed by atoms with Gasteiger partial charge in [0.1, 0.15) is 5.75 Å². The van der Waals surface area contributed by atoms with Gasteiger partial charge in [0, 0.05) is 32.1 Å². The van der Waals surface area contributed by atoms with Gasteiger partial charge >= 0.3 is 0 Å². The van der Waals surface area contributed by atoms with Crippen molar-refractivity contribution in [1.82, 2.24) is 4.90 Å². The van der Waals surface area contributed by atoms with Crippen molar-refractivity contribution in [2.24, 2.45) is 0 Å². The highest BCUT2D eigenvalue weighted by molar-refractivity contribution is 5.96. The maximum Gasteiger partial charge on any atom is 0.227 e. The number of benzene rings is 2. The molecule has 5 heteroatoms. The number of hydrogen-bond acceptors (Lipinski definition) is 4. The van der Waals surface area contributed by atoms with Crippen LogP contribution in [-0.4, -0.2) is 50.3 Å². The molecule has 29 heavy (non-hydrogen) atoms. The number of anilines is 1. The Bertz CT molecular complexity index is 832. The van der Waals surface area contributed by atoms with Gasteiger partial charge in [-0.25, -0.2) is 0 Å². The van der Waals surface area contributed by atoms with Crippen LogP contribution in [0.25, 0.3) is 0 Å². The molecule has 0 radical (unpaired) electrons. The largest absolute Gasteiger partial charge is 0.493 e. The molecule has 1 saturated heterocycles. The van der Waals surface area contributed by atoms with E-state index in [9.17, 15) is 4.79 Å². The zero-order valence-electron chi connectivity index (χ0n) is 17.2. The van der Waals surface area contributed by atoms with E-state index in [0.717, 1.165) is 68.3 Å². The molecular weight excluding hydrogens is 364 g/mol. The van der Waals surface area contributed by atoms with Gasteiger partial charge in [0.05, 0.1) is 32.1 Å². The van der Waals surface area contributed by atoms with E-state index in [-0.39, 0.29) is 5.91 Å². The van der Waals surface area contributed by atoms with Crippen molar-refractivity contribution in [1.29, 1.82) is 0 Å². The average molecular weight is 395 g/mol. The van der Waals surface area contributed by atoms with Crippen LogP contribution in [0.15, 0.2) is 42.5 Å². The lowest BCUT2D eigenvalue weighted by atomic mass is 9.98. The number of rotatable bonds is 7. The Hall–Kier alpha value is -2.37. The molecule has 1 fully saturated rings. The monoisotopic (exact) mass is 394 g/mol. The van der Waals surface area contributed by atoms with E-state index in [1.807, 2.05) is 23.1 Å². The van der Waals surface area contributed by atoms with Gasteiger partial charge in [-0.1, -0.05) is 36.4 Å². The fourth-order valence-electron chi connectivity index (χ4n) is 4.09. The molecule has 0 N–H and O–H groups in total. The zero-order chi connectivity index (χ0) is 20.1. The topological polar surface area (TPSA) is 42.0 Å². The number of ether oxygens (including phenoxy) is 2. The zero-order valence-corrected chi connectivity index (χ0v) is 17.2. The van der Waals surface area contributed by atoms with E-state index in [2.05, 4.69) is 36.1 Å². The third kappa shape index (κ3) is 4.98. The number of carbonyl (C=O) groups is 1. The smallest absolute Gasteiger partial charge is 0.227 e. The molecule has 0 unspecified atom stereocenters. The summed E-state index contributed by atoms with van der Waals surface area (Å²) in [5.41, 5.74) is 4.52. The molecule has 0 atom stereocenters. The first-order valence-electron chi connectivity index (χ1n) is 10.6. The number of fused-ring (bicyclic) bond motifs is 1. The highest BCUT2D eigenvalue weighted by Crippen LogP contribution is 2.35. The summed E-state index contributed by atoms with van der Waals surface area (Å²) in [6.07, 6.45) is 2.36. The number of nitrogens with zero attached hydrogens (tertiary/aromatic N) is 2. The van der Waals surface area contributed by atoms with E-state index in [1.165, 1.54) is 5.56 Å². The van der Waals surface area contributed by atoms with Crippen LogP contribution in [0, 0.1) is 6.92 Å². The summed E-state index contributed by atoms with van der Waals surface area (Å²) < 4.78 is 11.5. The molecule has 1 amide bonds. The van der Waals surface area contributed by atoms with Crippen LogP contribution in [0.4, 0.5) is 5.69 Å². The normalized spacial score (nSPS) is 17.3.